The van der Waals surface area contributed by atoms with Gasteiger partial charge in [0.25, 0.3) is 0 Å². The Balaban J connectivity index is 1.26. The van der Waals surface area contributed by atoms with Crippen molar-refractivity contribution in [3.8, 4) is 5.75 Å². The fourth-order valence-electron chi connectivity index (χ4n) is 5.54. The van der Waals surface area contributed by atoms with Crippen LogP contribution in [0.4, 0.5) is 15.0 Å². The number of nitrogens with two attached hydrogens (primary N) is 1. The van der Waals surface area contributed by atoms with Crippen LogP contribution in [0.2, 0.25) is 5.02 Å². The molecule has 3 heterocycles. The molecule has 3 amide bonds. The van der Waals surface area contributed by atoms with E-state index in [1.165, 1.54) is 35.4 Å². The third-order valence-corrected chi connectivity index (χ3v) is 8.16. The van der Waals surface area contributed by atoms with E-state index in [1.807, 2.05) is 17.0 Å². The van der Waals surface area contributed by atoms with Crippen LogP contribution in [0.25, 0.3) is 0 Å². The molecule has 41 heavy (non-hydrogen) atoms. The summed E-state index contributed by atoms with van der Waals surface area (Å²) in [4.78, 5) is 47.9. The Morgan fingerprint density at radius 1 is 1.00 bits per heavy atom. The monoisotopic (exact) mass is 579 g/mol. The number of amides is 3. The summed E-state index contributed by atoms with van der Waals surface area (Å²) in [5, 5.41) is 0.603. The van der Waals surface area contributed by atoms with E-state index in [0.717, 1.165) is 11.4 Å². The summed E-state index contributed by atoms with van der Waals surface area (Å²) in [6.45, 7) is 2.12. The SMILES string of the molecule is CN(C(=O)Oc1ccc(F)cc1)[C@@H]1CN(C(=O)C2CCN(c3ccc(C(N)=O)cn3)CC2)C[C@H]1c1ccc(Cl)cc1. The van der Waals surface area contributed by atoms with Crippen LogP contribution >= 0.6 is 11.6 Å². The van der Waals surface area contributed by atoms with Gasteiger partial charge in [0.1, 0.15) is 17.4 Å². The van der Waals surface area contributed by atoms with E-state index in [2.05, 4.69) is 9.88 Å². The van der Waals surface area contributed by atoms with Crippen LogP contribution in [-0.4, -0.2) is 72.0 Å². The lowest BCUT2D eigenvalue weighted by Crippen LogP contribution is -2.45. The number of nitrogens with zero attached hydrogens (tertiary/aromatic N) is 4. The molecule has 2 aliphatic heterocycles. The first-order valence-electron chi connectivity index (χ1n) is 13.4. The molecule has 0 saturated carbocycles. The number of primary amides is 1. The quantitative estimate of drug-likeness (QED) is 0.466. The Morgan fingerprint density at radius 3 is 2.29 bits per heavy atom. The molecular weight excluding hydrogens is 549 g/mol. The molecule has 0 unspecified atom stereocenters. The van der Waals surface area contributed by atoms with E-state index in [1.54, 1.807) is 31.3 Å². The molecular formula is C30H31ClFN5O4. The maximum Gasteiger partial charge on any atom is 0.415 e. The van der Waals surface area contributed by atoms with Gasteiger partial charge < -0.3 is 25.2 Å². The highest BCUT2D eigenvalue weighted by molar-refractivity contribution is 6.30. The minimum absolute atomic E-state index is 0.0588. The molecule has 2 N–H and O–H groups in total. The number of hydrogen-bond donors (Lipinski definition) is 1. The van der Waals surface area contributed by atoms with Crippen LogP contribution in [0.1, 0.15) is 34.7 Å². The lowest BCUT2D eigenvalue weighted by Gasteiger charge is -2.34. The number of likely N-dealkylation sites (tertiary alicyclic amines) is 1. The summed E-state index contributed by atoms with van der Waals surface area (Å²) in [7, 11) is 1.66. The molecule has 214 valence electrons. The van der Waals surface area contributed by atoms with E-state index in [-0.39, 0.29) is 29.5 Å². The second-order valence-corrected chi connectivity index (χ2v) is 10.9. The molecule has 1 aromatic heterocycles. The fourth-order valence-corrected chi connectivity index (χ4v) is 5.67. The number of likely N-dealkylation sites (N-methyl/N-ethyl adjacent to an activating group) is 1. The topological polar surface area (TPSA) is 109 Å². The molecule has 2 atom stereocenters. The minimum atomic E-state index is -0.585. The van der Waals surface area contributed by atoms with Crippen molar-refractivity contribution in [2.75, 3.05) is 38.1 Å². The lowest BCUT2D eigenvalue weighted by molar-refractivity contribution is -0.135. The van der Waals surface area contributed by atoms with E-state index in [9.17, 15) is 18.8 Å². The number of ether oxygens (including phenoxy) is 1. The van der Waals surface area contributed by atoms with Crippen LogP contribution in [-0.2, 0) is 4.79 Å². The number of carbonyl (C=O) groups is 3. The number of halogens is 2. The summed E-state index contributed by atoms with van der Waals surface area (Å²) in [5.74, 6) is -0.206. The van der Waals surface area contributed by atoms with Crippen LogP contribution in [0.3, 0.4) is 0 Å². The van der Waals surface area contributed by atoms with Gasteiger partial charge in [-0.3, -0.25) is 9.59 Å². The van der Waals surface area contributed by atoms with E-state index >= 15 is 0 Å². The first-order chi connectivity index (χ1) is 19.7. The van der Waals surface area contributed by atoms with Gasteiger partial charge >= 0.3 is 6.09 Å². The summed E-state index contributed by atoms with van der Waals surface area (Å²) >= 11 is 6.12. The summed E-state index contributed by atoms with van der Waals surface area (Å²) in [6, 6.07) is 15.8. The predicted molar refractivity (Wildman–Crippen MR) is 152 cm³/mol. The summed E-state index contributed by atoms with van der Waals surface area (Å²) < 4.78 is 18.8. The van der Waals surface area contributed by atoms with Crippen molar-refractivity contribution in [3.05, 3.63) is 88.8 Å². The number of hydrogen-bond acceptors (Lipinski definition) is 6. The first-order valence-corrected chi connectivity index (χ1v) is 13.8. The van der Waals surface area contributed by atoms with Crippen molar-refractivity contribution in [2.45, 2.75) is 24.8 Å². The Hall–Kier alpha value is -4.18. The average molecular weight is 580 g/mol. The van der Waals surface area contributed by atoms with Gasteiger partial charge in [0.15, 0.2) is 0 Å². The summed E-state index contributed by atoms with van der Waals surface area (Å²) in [5.41, 5.74) is 6.63. The van der Waals surface area contributed by atoms with E-state index in [0.29, 0.717) is 49.6 Å². The van der Waals surface area contributed by atoms with Crippen molar-refractivity contribution < 1.29 is 23.5 Å². The zero-order chi connectivity index (χ0) is 29.1. The number of benzene rings is 2. The third-order valence-electron chi connectivity index (χ3n) is 7.90. The standard InChI is InChI=1S/C30H31ClFN5O4/c1-35(30(40)41-24-9-7-23(32)8-10-24)26-18-37(17-25(26)19-2-5-22(31)6-3-19)29(39)20-12-14-36(15-13-20)27-11-4-21(16-34-27)28(33)38/h2-11,16,20,25-26H,12-15,17-18H2,1H3,(H2,33,38)/t25-,26+/m0/s1. The van der Waals surface area contributed by atoms with Crippen molar-refractivity contribution in [2.24, 2.45) is 11.7 Å². The Morgan fingerprint density at radius 2 is 1.68 bits per heavy atom. The number of pyridine rings is 1. The Kier molecular flexibility index (Phi) is 8.39. The number of aromatic nitrogens is 1. The fraction of sp³-hybridized carbons (Fsp3) is 0.333. The highest BCUT2D eigenvalue weighted by atomic mass is 35.5. The minimum Gasteiger partial charge on any atom is -0.410 e. The van der Waals surface area contributed by atoms with E-state index < -0.39 is 17.8 Å². The van der Waals surface area contributed by atoms with Crippen LogP contribution < -0.4 is 15.4 Å². The van der Waals surface area contributed by atoms with Gasteiger partial charge in [-0.2, -0.15) is 0 Å². The van der Waals surface area contributed by atoms with Crippen molar-refractivity contribution in [1.29, 1.82) is 0 Å². The highest BCUT2D eigenvalue weighted by Crippen LogP contribution is 2.34. The zero-order valence-electron chi connectivity index (χ0n) is 22.6. The molecule has 2 fully saturated rings. The molecule has 9 nitrogen and oxygen atoms in total. The van der Waals surface area contributed by atoms with Crippen molar-refractivity contribution in [3.63, 3.8) is 0 Å². The van der Waals surface area contributed by atoms with Crippen molar-refractivity contribution in [1.82, 2.24) is 14.8 Å². The number of carbonyl (C=O) groups excluding carboxylic acids is 3. The highest BCUT2D eigenvalue weighted by Gasteiger charge is 2.42. The van der Waals surface area contributed by atoms with Gasteiger partial charge in [-0.25, -0.2) is 14.2 Å². The molecule has 2 aromatic carbocycles. The molecule has 0 radical (unpaired) electrons. The van der Waals surface area contributed by atoms with Gasteiger partial charge in [0.2, 0.25) is 11.8 Å². The maximum absolute atomic E-state index is 13.7. The molecule has 11 heteroatoms. The van der Waals surface area contributed by atoms with Gasteiger partial charge in [-0.05, 0) is 66.9 Å². The number of anilines is 1. The number of rotatable bonds is 6. The number of piperidine rings is 1. The first kappa shape index (κ1) is 28.4. The van der Waals surface area contributed by atoms with Gasteiger partial charge in [0.05, 0.1) is 11.6 Å². The zero-order valence-corrected chi connectivity index (χ0v) is 23.3. The van der Waals surface area contributed by atoms with Crippen LogP contribution in [0.5, 0.6) is 5.75 Å². The molecule has 0 bridgehead atoms. The van der Waals surface area contributed by atoms with Gasteiger partial charge in [-0.15, -0.1) is 0 Å². The van der Waals surface area contributed by atoms with Gasteiger partial charge in [-0.1, -0.05) is 23.7 Å². The largest absolute Gasteiger partial charge is 0.415 e. The van der Waals surface area contributed by atoms with Crippen LogP contribution in [0, 0.1) is 11.7 Å². The molecule has 2 saturated heterocycles. The molecule has 0 spiro atoms. The third kappa shape index (κ3) is 6.43. The summed E-state index contributed by atoms with van der Waals surface area (Å²) in [6.07, 6.45) is 2.20. The maximum atomic E-state index is 13.7. The Labute approximate surface area is 242 Å². The van der Waals surface area contributed by atoms with Crippen LogP contribution in [0.15, 0.2) is 66.9 Å². The molecule has 2 aliphatic rings. The van der Waals surface area contributed by atoms with Gasteiger partial charge in [0, 0.05) is 56.3 Å². The van der Waals surface area contributed by atoms with Crippen molar-refractivity contribution >= 4 is 35.3 Å². The Bertz CT molecular complexity index is 1400. The predicted octanol–water partition coefficient (Wildman–Crippen LogP) is 4.31. The average Bonchev–Trinajstić information content (AvgIpc) is 3.43. The second-order valence-electron chi connectivity index (χ2n) is 10.4. The normalized spacial score (nSPS) is 19.2. The molecule has 0 aliphatic carbocycles. The second kappa shape index (κ2) is 12.1. The van der Waals surface area contributed by atoms with E-state index in [4.69, 9.17) is 22.1 Å². The lowest BCUT2D eigenvalue weighted by atomic mass is 9.93. The molecule has 3 aromatic rings. The smallest absolute Gasteiger partial charge is 0.410 e. The molecule has 5 rings (SSSR count).